The highest BCUT2D eigenvalue weighted by Gasteiger charge is 2.65. The predicted octanol–water partition coefficient (Wildman–Crippen LogP) is 3.25. The van der Waals surface area contributed by atoms with Crippen LogP contribution in [0.5, 0.6) is 0 Å². The molecule has 4 aromatic rings. The molecular formula is C28H40N10O10P2S2Si. The van der Waals surface area contributed by atoms with E-state index in [0.717, 1.165) is 0 Å². The van der Waals surface area contributed by atoms with Crippen LogP contribution in [0.2, 0.25) is 18.1 Å². The summed E-state index contributed by atoms with van der Waals surface area (Å²) in [7, 11) is -2.60. The Hall–Kier alpha value is -2.21. The minimum Gasteiger partial charge on any atom is -0.408 e. The number of ether oxygens (including phenoxy) is 3. The lowest BCUT2D eigenvalue weighted by atomic mass is 9.96. The molecule has 0 aromatic carbocycles. The third-order valence-electron chi connectivity index (χ3n) is 10.5. The van der Waals surface area contributed by atoms with E-state index in [9.17, 15) is 9.46 Å². The van der Waals surface area contributed by atoms with E-state index >= 15 is 0 Å². The van der Waals surface area contributed by atoms with Gasteiger partial charge in [-0.05, 0) is 29.9 Å². The number of aromatic nitrogens is 8. The number of hydrogen-bond acceptors (Lipinski definition) is 18. The normalized spacial score (nSPS) is 36.9. The van der Waals surface area contributed by atoms with Crippen molar-refractivity contribution >= 4 is 79.9 Å². The Labute approximate surface area is 314 Å². The molecule has 4 bridgehead atoms. The van der Waals surface area contributed by atoms with E-state index in [2.05, 4.69) is 76.0 Å². The summed E-state index contributed by atoms with van der Waals surface area (Å²) in [6.07, 6.45) is -0.963. The lowest BCUT2D eigenvalue weighted by Gasteiger charge is -2.41. The van der Waals surface area contributed by atoms with Gasteiger partial charge in [-0.25, -0.2) is 34.5 Å². The molecule has 4 aliphatic heterocycles. The topological polar surface area (TPSA) is 250 Å². The van der Waals surface area contributed by atoms with Gasteiger partial charge in [-0.1, -0.05) is 33.0 Å². The molecule has 4 aromatic heterocycles. The second-order valence-corrected chi connectivity index (χ2v) is 25.3. The van der Waals surface area contributed by atoms with Gasteiger partial charge >= 0.3 is 13.5 Å². The Balaban J connectivity index is 1.15. The minimum absolute atomic E-state index is 0.0342. The van der Waals surface area contributed by atoms with Crippen LogP contribution < -0.4 is 11.5 Å². The maximum absolute atomic E-state index is 14.2. The van der Waals surface area contributed by atoms with E-state index in [1.807, 2.05) is 0 Å². The first-order chi connectivity index (χ1) is 24.9. The maximum Gasteiger partial charge on any atom is 0.386 e. The van der Waals surface area contributed by atoms with Crippen LogP contribution in [0.1, 0.15) is 39.6 Å². The minimum atomic E-state index is -4.19. The van der Waals surface area contributed by atoms with Gasteiger partial charge in [0.1, 0.15) is 59.8 Å². The number of fused-ring (bicyclic) bond motifs is 4. The second kappa shape index (κ2) is 13.2. The molecular weight excluding hydrogens is 791 g/mol. The lowest BCUT2D eigenvalue weighted by molar-refractivity contribution is -0.176. The van der Waals surface area contributed by atoms with Gasteiger partial charge in [-0.3, -0.25) is 22.7 Å². The second-order valence-electron chi connectivity index (χ2n) is 14.8. The smallest absolute Gasteiger partial charge is 0.386 e. The summed E-state index contributed by atoms with van der Waals surface area (Å²) >= 11 is 10.0. The summed E-state index contributed by atoms with van der Waals surface area (Å²) < 4.78 is 68.3. The van der Waals surface area contributed by atoms with E-state index in [4.69, 9.17) is 60.0 Å². The van der Waals surface area contributed by atoms with Crippen LogP contribution in [0.15, 0.2) is 25.3 Å². The molecule has 4 aliphatic rings. The highest BCUT2D eigenvalue weighted by atomic mass is 32.7. The van der Waals surface area contributed by atoms with Gasteiger partial charge in [0, 0.05) is 6.42 Å². The van der Waals surface area contributed by atoms with Crippen LogP contribution in [0, 0.1) is 0 Å². The van der Waals surface area contributed by atoms with Gasteiger partial charge < -0.3 is 39.5 Å². The molecule has 0 radical (unpaired) electrons. The Morgan fingerprint density at radius 3 is 2.23 bits per heavy atom. The summed E-state index contributed by atoms with van der Waals surface area (Å²) in [5, 5.41) is -0.256. The molecule has 8 rings (SSSR count). The highest BCUT2D eigenvalue weighted by Crippen LogP contribution is 2.61. The molecule has 0 aliphatic carbocycles. The fourth-order valence-corrected chi connectivity index (χ4v) is 11.1. The van der Waals surface area contributed by atoms with Crippen LogP contribution in [0.3, 0.4) is 0 Å². The Bertz CT molecular complexity index is 2160. The monoisotopic (exact) mass is 830 g/mol. The molecule has 4 saturated heterocycles. The van der Waals surface area contributed by atoms with Crippen LogP contribution in [0.25, 0.3) is 22.3 Å². The largest absolute Gasteiger partial charge is 0.408 e. The van der Waals surface area contributed by atoms with E-state index in [-0.39, 0.29) is 42.9 Å². The maximum atomic E-state index is 14.2. The number of anilines is 2. The van der Waals surface area contributed by atoms with E-state index in [1.165, 1.54) is 25.3 Å². The lowest BCUT2D eigenvalue weighted by Crippen LogP contribution is -2.50. The molecule has 4 fully saturated rings. The Morgan fingerprint density at radius 2 is 1.60 bits per heavy atom. The third-order valence-corrected chi connectivity index (χ3v) is 18.2. The average molecular weight is 831 g/mol. The summed E-state index contributed by atoms with van der Waals surface area (Å²) in [4.78, 5) is 37.2. The molecule has 20 nitrogen and oxygen atoms in total. The van der Waals surface area contributed by atoms with Crippen LogP contribution >= 0.6 is 25.8 Å². The van der Waals surface area contributed by atoms with E-state index in [0.29, 0.717) is 22.3 Å². The number of nitrogen functional groups attached to an aromatic ring is 2. The van der Waals surface area contributed by atoms with Crippen molar-refractivity contribution in [2.45, 2.75) is 93.9 Å². The van der Waals surface area contributed by atoms with Crippen molar-refractivity contribution in [2.75, 3.05) is 31.3 Å². The summed E-state index contributed by atoms with van der Waals surface area (Å²) in [6, 6.07) is 0. The first-order valence-corrected chi connectivity index (χ1v) is 24.9. The predicted molar refractivity (Wildman–Crippen MR) is 197 cm³/mol. The molecule has 288 valence electrons. The SMILES string of the molecule is CC(C)(C)[Si](C)(C)OC1[C@H]2OP(O)(=S)OCC[C@@]34CO[C@@H]([C@H](n5cnc6c(N)ncnc65)O3)[C@@H]4OP(=O)(S)OC[C@H]1O[C@H]2n1cnc2c(N)ncnc21. The van der Waals surface area contributed by atoms with Crippen LogP contribution in [-0.2, 0) is 53.1 Å². The number of rotatable bonds is 4. The van der Waals surface area contributed by atoms with Gasteiger partial charge in [-0.15, -0.1) is 0 Å². The Kier molecular flexibility index (Phi) is 9.38. The van der Waals surface area contributed by atoms with Gasteiger partial charge in [0.05, 0.1) is 32.5 Å². The zero-order valence-electron chi connectivity index (χ0n) is 29.3. The van der Waals surface area contributed by atoms with Crippen LogP contribution in [0.4, 0.5) is 11.6 Å². The van der Waals surface area contributed by atoms with Crippen molar-refractivity contribution in [1.29, 1.82) is 0 Å². The average Bonchev–Trinajstić information content (AvgIpc) is 3.88. The molecule has 0 spiro atoms. The number of nitrogens with two attached hydrogens (primary N) is 2. The third kappa shape index (κ3) is 6.65. The van der Waals surface area contributed by atoms with E-state index in [1.54, 1.807) is 9.13 Å². The number of thiol groups is 1. The van der Waals surface area contributed by atoms with Gasteiger partial charge in [0.2, 0.25) is 0 Å². The molecule has 53 heavy (non-hydrogen) atoms. The first-order valence-electron chi connectivity index (χ1n) is 16.7. The van der Waals surface area contributed by atoms with Gasteiger partial charge in [0.15, 0.2) is 43.7 Å². The molecule has 0 saturated carbocycles. The van der Waals surface area contributed by atoms with Crippen molar-refractivity contribution in [2.24, 2.45) is 0 Å². The fourth-order valence-electron chi connectivity index (χ4n) is 6.80. The van der Waals surface area contributed by atoms with Gasteiger partial charge in [-0.2, -0.15) is 0 Å². The standard InChI is InChI=1S/C28H40N10O10P2S2Si/c1-27(2,3)53(4,5)48-17-14-8-43-50(40,52)47-20-19-26(38-13-36-16-22(30)32-11-34-24(16)38)45-28(20,9-41-19)6-7-42-49(39,51)46-18(17)25(44-14)37-12-35-15-21(29)31-10-33-23(15)37/h10-14,17-20,25-26H,6-9H2,1-5H3,(H,39,51)(H,40,52)(H2,29,31,33)(H2,30,32,34)/t14-,17?,18-,19-,20+,25-,26-,28+,49?,50?/m1/s1. The van der Waals surface area contributed by atoms with Crippen molar-refractivity contribution < 1.29 is 46.2 Å². The molecule has 0 amide bonds. The van der Waals surface area contributed by atoms with E-state index < -0.39 is 70.4 Å². The molecule has 10 atom stereocenters. The van der Waals surface area contributed by atoms with Crippen molar-refractivity contribution in [3.05, 3.63) is 25.3 Å². The van der Waals surface area contributed by atoms with Crippen molar-refractivity contribution in [3.63, 3.8) is 0 Å². The Morgan fingerprint density at radius 1 is 0.981 bits per heavy atom. The number of nitrogens with zero attached hydrogens (tertiary/aromatic N) is 8. The molecule has 3 unspecified atom stereocenters. The number of imidazole rings is 2. The first kappa shape index (κ1) is 37.7. The van der Waals surface area contributed by atoms with Crippen molar-refractivity contribution in [3.8, 4) is 0 Å². The summed E-state index contributed by atoms with van der Waals surface area (Å²) in [6.45, 7) is 1.66. The molecule has 25 heteroatoms. The fraction of sp³-hybridized carbons (Fsp3) is 0.643. The molecule has 5 N–H and O–H groups in total. The molecule has 8 heterocycles. The van der Waals surface area contributed by atoms with Crippen molar-refractivity contribution in [1.82, 2.24) is 39.0 Å². The quantitative estimate of drug-likeness (QED) is 0.131. The highest BCUT2D eigenvalue weighted by molar-refractivity contribution is 8.44. The number of hydrogen-bond donors (Lipinski definition) is 4. The van der Waals surface area contributed by atoms with Crippen LogP contribution in [-0.4, -0.2) is 108 Å². The zero-order chi connectivity index (χ0) is 37.7. The van der Waals surface area contributed by atoms with Gasteiger partial charge in [0.25, 0.3) is 0 Å². The summed E-state index contributed by atoms with van der Waals surface area (Å²) in [5.41, 5.74) is 12.3. The summed E-state index contributed by atoms with van der Waals surface area (Å²) in [5.74, 6) is 0.348. The zero-order valence-corrected chi connectivity index (χ0v) is 33.8.